The van der Waals surface area contributed by atoms with E-state index in [0.29, 0.717) is 12.8 Å². The van der Waals surface area contributed by atoms with Crippen molar-refractivity contribution in [2.45, 2.75) is 33.1 Å². The number of carbonyl (C=O) groups excluding carboxylic acids is 1. The molecular formula is C16H23NO3. The van der Waals surface area contributed by atoms with E-state index in [1.165, 1.54) is 10.5 Å². The first-order chi connectivity index (χ1) is 9.43. The summed E-state index contributed by atoms with van der Waals surface area (Å²) in [6.07, 6.45) is 2.11. The zero-order valence-electron chi connectivity index (χ0n) is 12.4. The van der Waals surface area contributed by atoms with Gasteiger partial charge in [0.1, 0.15) is 0 Å². The van der Waals surface area contributed by atoms with Crippen LogP contribution in [-0.4, -0.2) is 35.5 Å². The number of carbonyl (C=O) groups is 2. The van der Waals surface area contributed by atoms with Crippen molar-refractivity contribution in [3.63, 3.8) is 0 Å². The first-order valence-corrected chi connectivity index (χ1v) is 6.98. The van der Waals surface area contributed by atoms with Gasteiger partial charge in [-0.1, -0.05) is 38.1 Å². The average molecular weight is 277 g/mol. The maximum Gasteiger partial charge on any atom is 0.308 e. The molecule has 0 bridgehead atoms. The Labute approximate surface area is 120 Å². The minimum Gasteiger partial charge on any atom is -0.481 e. The van der Waals surface area contributed by atoms with E-state index in [1.807, 2.05) is 12.1 Å². The maximum atomic E-state index is 11.9. The average Bonchev–Trinajstić information content (AvgIpc) is 2.44. The van der Waals surface area contributed by atoms with Crippen LogP contribution in [0.1, 0.15) is 31.4 Å². The summed E-state index contributed by atoms with van der Waals surface area (Å²) in [5, 5.41) is 8.83. The van der Waals surface area contributed by atoms with Gasteiger partial charge in [0.15, 0.2) is 0 Å². The zero-order chi connectivity index (χ0) is 15.1. The number of hydrogen-bond donors (Lipinski definition) is 1. The van der Waals surface area contributed by atoms with E-state index in [9.17, 15) is 9.59 Å². The highest BCUT2D eigenvalue weighted by molar-refractivity contribution is 5.77. The van der Waals surface area contributed by atoms with Crippen LogP contribution in [0.4, 0.5) is 0 Å². The van der Waals surface area contributed by atoms with E-state index < -0.39 is 11.9 Å². The normalized spacial score (nSPS) is 11.9. The Morgan fingerprint density at radius 3 is 2.25 bits per heavy atom. The van der Waals surface area contributed by atoms with Gasteiger partial charge in [-0.15, -0.1) is 0 Å². The number of benzene rings is 1. The molecule has 20 heavy (non-hydrogen) atoms. The summed E-state index contributed by atoms with van der Waals surface area (Å²) in [4.78, 5) is 24.2. The number of amides is 1. The minimum absolute atomic E-state index is 0.0160. The van der Waals surface area contributed by atoms with Crippen molar-refractivity contribution in [3.8, 4) is 0 Å². The molecule has 0 aliphatic heterocycles. The lowest BCUT2D eigenvalue weighted by molar-refractivity contribution is -0.142. The van der Waals surface area contributed by atoms with Gasteiger partial charge in [-0.05, 0) is 24.0 Å². The lowest BCUT2D eigenvalue weighted by Gasteiger charge is -2.19. The molecule has 0 fully saturated rings. The van der Waals surface area contributed by atoms with E-state index in [4.69, 9.17) is 5.11 Å². The fraction of sp³-hybridized carbons (Fsp3) is 0.500. The fourth-order valence-corrected chi connectivity index (χ4v) is 1.97. The molecule has 1 aromatic rings. The van der Waals surface area contributed by atoms with Gasteiger partial charge < -0.3 is 10.0 Å². The van der Waals surface area contributed by atoms with Crippen LogP contribution in [0, 0.1) is 5.92 Å². The largest absolute Gasteiger partial charge is 0.481 e. The second-order valence-corrected chi connectivity index (χ2v) is 5.18. The lowest BCUT2D eigenvalue weighted by Crippen LogP contribution is -2.33. The number of aliphatic carboxylic acids is 1. The van der Waals surface area contributed by atoms with Crippen LogP contribution >= 0.6 is 0 Å². The Kier molecular flexibility index (Phi) is 6.22. The summed E-state index contributed by atoms with van der Waals surface area (Å²) in [5.74, 6) is -1.43. The number of aryl methyl sites for hydroxylation is 2. The van der Waals surface area contributed by atoms with E-state index in [0.717, 1.165) is 12.0 Å². The highest BCUT2D eigenvalue weighted by atomic mass is 16.4. The van der Waals surface area contributed by atoms with Gasteiger partial charge in [0.25, 0.3) is 0 Å². The van der Waals surface area contributed by atoms with Crippen molar-refractivity contribution in [1.82, 2.24) is 4.90 Å². The molecule has 1 aromatic carbocycles. The summed E-state index contributed by atoms with van der Waals surface area (Å²) in [6.45, 7) is 3.97. The quantitative estimate of drug-likeness (QED) is 0.832. The molecule has 1 unspecified atom stereocenters. The van der Waals surface area contributed by atoms with Crippen molar-refractivity contribution in [2.75, 3.05) is 13.6 Å². The van der Waals surface area contributed by atoms with Crippen molar-refractivity contribution < 1.29 is 14.7 Å². The summed E-state index contributed by atoms with van der Waals surface area (Å²) in [6, 6.07) is 8.25. The molecule has 0 saturated carbocycles. The van der Waals surface area contributed by atoms with Crippen LogP contribution in [0.2, 0.25) is 0 Å². The van der Waals surface area contributed by atoms with Gasteiger partial charge in [-0.3, -0.25) is 9.59 Å². The second kappa shape index (κ2) is 7.68. The van der Waals surface area contributed by atoms with Crippen molar-refractivity contribution >= 4 is 11.9 Å². The van der Waals surface area contributed by atoms with E-state index in [2.05, 4.69) is 19.1 Å². The Bertz CT molecular complexity index is 453. The Hall–Kier alpha value is -1.84. The first-order valence-electron chi connectivity index (χ1n) is 6.98. The second-order valence-electron chi connectivity index (χ2n) is 5.18. The van der Waals surface area contributed by atoms with E-state index in [1.54, 1.807) is 14.0 Å². The predicted molar refractivity (Wildman–Crippen MR) is 78.6 cm³/mol. The zero-order valence-corrected chi connectivity index (χ0v) is 12.4. The fourth-order valence-electron chi connectivity index (χ4n) is 1.97. The number of rotatable bonds is 7. The first kappa shape index (κ1) is 16.2. The molecule has 110 valence electrons. The van der Waals surface area contributed by atoms with Crippen molar-refractivity contribution in [3.05, 3.63) is 35.4 Å². The molecule has 1 N–H and O–H groups in total. The molecule has 1 amide bonds. The monoisotopic (exact) mass is 277 g/mol. The van der Waals surface area contributed by atoms with E-state index in [-0.39, 0.29) is 12.5 Å². The van der Waals surface area contributed by atoms with Gasteiger partial charge in [0.05, 0.1) is 5.92 Å². The molecule has 0 aromatic heterocycles. The molecule has 0 radical (unpaired) electrons. The summed E-state index contributed by atoms with van der Waals surface area (Å²) in [5.41, 5.74) is 2.42. The van der Waals surface area contributed by atoms with Crippen molar-refractivity contribution in [1.29, 1.82) is 0 Å². The van der Waals surface area contributed by atoms with Gasteiger partial charge in [-0.2, -0.15) is 0 Å². The van der Waals surface area contributed by atoms with Crippen LogP contribution in [0.3, 0.4) is 0 Å². The lowest BCUT2D eigenvalue weighted by atomic mass is 10.1. The number of carboxylic acid groups (broad SMARTS) is 1. The molecule has 1 atom stereocenters. The Morgan fingerprint density at radius 1 is 1.20 bits per heavy atom. The van der Waals surface area contributed by atoms with Crippen LogP contribution < -0.4 is 0 Å². The topological polar surface area (TPSA) is 57.6 Å². The third kappa shape index (κ3) is 5.03. The van der Waals surface area contributed by atoms with Gasteiger partial charge in [0, 0.05) is 20.0 Å². The molecule has 0 aliphatic carbocycles. The predicted octanol–water partition coefficient (Wildman–Crippen LogP) is 2.36. The van der Waals surface area contributed by atoms with Crippen LogP contribution in [0.5, 0.6) is 0 Å². The molecule has 4 nitrogen and oxygen atoms in total. The highest BCUT2D eigenvalue weighted by Crippen LogP contribution is 2.09. The number of nitrogens with zero attached hydrogens (tertiary/aromatic N) is 1. The summed E-state index contributed by atoms with van der Waals surface area (Å²) in [7, 11) is 1.65. The third-order valence-corrected chi connectivity index (χ3v) is 3.45. The molecular weight excluding hydrogens is 254 g/mol. The van der Waals surface area contributed by atoms with Crippen LogP contribution in [0.15, 0.2) is 24.3 Å². The third-order valence-electron chi connectivity index (χ3n) is 3.45. The minimum atomic E-state index is -0.875. The smallest absolute Gasteiger partial charge is 0.308 e. The molecule has 0 saturated heterocycles. The van der Waals surface area contributed by atoms with Crippen LogP contribution in [0.25, 0.3) is 0 Å². The standard InChI is InChI=1S/C16H23NO3/c1-4-13-5-7-14(8-6-13)9-10-15(18)17(3)11-12(2)16(19)20/h5-8,12H,4,9-11H2,1-3H3,(H,19,20). The number of hydrogen-bond acceptors (Lipinski definition) is 2. The number of carboxylic acids is 1. The molecule has 1 rings (SSSR count). The van der Waals surface area contributed by atoms with Gasteiger partial charge >= 0.3 is 5.97 Å². The molecule has 0 heterocycles. The van der Waals surface area contributed by atoms with E-state index >= 15 is 0 Å². The highest BCUT2D eigenvalue weighted by Gasteiger charge is 2.17. The Balaban J connectivity index is 2.43. The summed E-state index contributed by atoms with van der Waals surface area (Å²) < 4.78 is 0. The van der Waals surface area contributed by atoms with Crippen LogP contribution in [-0.2, 0) is 22.4 Å². The SMILES string of the molecule is CCc1ccc(CCC(=O)N(C)CC(C)C(=O)O)cc1. The van der Waals surface area contributed by atoms with Gasteiger partial charge in [-0.25, -0.2) is 0 Å². The summed E-state index contributed by atoms with van der Waals surface area (Å²) >= 11 is 0. The molecule has 0 aliphatic rings. The van der Waals surface area contributed by atoms with Gasteiger partial charge in [0.2, 0.25) is 5.91 Å². The van der Waals surface area contributed by atoms with Crippen molar-refractivity contribution in [2.24, 2.45) is 5.92 Å². The Morgan fingerprint density at radius 2 is 1.75 bits per heavy atom. The molecule has 4 heteroatoms. The molecule has 0 spiro atoms. The maximum absolute atomic E-state index is 11.9.